The fourth-order valence-electron chi connectivity index (χ4n) is 2.20. The SMILES string of the molecule is CCOC(=O)CN(CCCc1nc(-c2cccs2)no1)CCOC. The van der Waals surface area contributed by atoms with Crippen LogP contribution in [0, 0.1) is 0 Å². The smallest absolute Gasteiger partial charge is 0.320 e. The van der Waals surface area contributed by atoms with Crippen molar-refractivity contribution in [2.45, 2.75) is 19.8 Å². The number of hydrogen-bond acceptors (Lipinski definition) is 8. The van der Waals surface area contributed by atoms with Crippen molar-refractivity contribution in [2.75, 3.05) is 40.0 Å². The highest BCUT2D eigenvalue weighted by atomic mass is 32.1. The van der Waals surface area contributed by atoms with Gasteiger partial charge in [-0.25, -0.2) is 0 Å². The maximum atomic E-state index is 11.6. The molecule has 0 unspecified atom stereocenters. The van der Waals surface area contributed by atoms with Gasteiger partial charge >= 0.3 is 5.97 Å². The summed E-state index contributed by atoms with van der Waals surface area (Å²) in [5, 5.41) is 5.98. The largest absolute Gasteiger partial charge is 0.465 e. The van der Waals surface area contributed by atoms with Crippen LogP contribution >= 0.6 is 11.3 Å². The Labute approximate surface area is 145 Å². The van der Waals surface area contributed by atoms with E-state index in [1.807, 2.05) is 22.4 Å². The van der Waals surface area contributed by atoms with E-state index in [4.69, 9.17) is 14.0 Å². The minimum atomic E-state index is -0.216. The number of carbonyl (C=O) groups excluding carboxylic acids is 1. The van der Waals surface area contributed by atoms with Gasteiger partial charge in [-0.05, 0) is 31.3 Å². The van der Waals surface area contributed by atoms with E-state index in [1.54, 1.807) is 25.4 Å². The number of carbonyl (C=O) groups is 1. The molecule has 24 heavy (non-hydrogen) atoms. The van der Waals surface area contributed by atoms with Gasteiger partial charge in [0.25, 0.3) is 0 Å². The first kappa shape index (κ1) is 18.6. The van der Waals surface area contributed by atoms with Crippen molar-refractivity contribution in [3.8, 4) is 10.7 Å². The van der Waals surface area contributed by atoms with Crippen LogP contribution < -0.4 is 0 Å². The molecule has 0 aliphatic heterocycles. The van der Waals surface area contributed by atoms with Gasteiger partial charge in [-0.2, -0.15) is 4.98 Å². The molecular weight excluding hydrogens is 330 g/mol. The number of nitrogens with zero attached hydrogens (tertiary/aromatic N) is 3. The Kier molecular flexibility index (Phi) is 7.87. The van der Waals surface area contributed by atoms with Crippen LogP contribution in [0.5, 0.6) is 0 Å². The molecule has 2 heterocycles. The zero-order valence-corrected chi connectivity index (χ0v) is 14.9. The van der Waals surface area contributed by atoms with Crippen molar-refractivity contribution >= 4 is 17.3 Å². The first-order valence-corrected chi connectivity index (χ1v) is 8.84. The standard InChI is InChI=1S/C16H23N3O4S/c1-3-22-15(20)12-19(9-10-21-2)8-4-7-14-17-16(18-23-14)13-6-5-11-24-13/h5-6,11H,3-4,7-10,12H2,1-2H3. The van der Waals surface area contributed by atoms with Crippen LogP contribution in [0.2, 0.25) is 0 Å². The van der Waals surface area contributed by atoms with Crippen molar-refractivity contribution in [2.24, 2.45) is 0 Å². The molecule has 2 aromatic rings. The van der Waals surface area contributed by atoms with E-state index in [-0.39, 0.29) is 12.5 Å². The summed E-state index contributed by atoms with van der Waals surface area (Å²) >= 11 is 1.58. The Bertz CT molecular complexity index is 600. The summed E-state index contributed by atoms with van der Waals surface area (Å²) in [6.07, 6.45) is 1.49. The maximum absolute atomic E-state index is 11.6. The third kappa shape index (κ3) is 6.03. The Hall–Kier alpha value is -1.77. The summed E-state index contributed by atoms with van der Waals surface area (Å²) in [6, 6.07) is 3.92. The minimum absolute atomic E-state index is 0.216. The Morgan fingerprint density at radius 1 is 1.42 bits per heavy atom. The van der Waals surface area contributed by atoms with E-state index < -0.39 is 0 Å². The first-order valence-electron chi connectivity index (χ1n) is 7.96. The van der Waals surface area contributed by atoms with Gasteiger partial charge in [0.15, 0.2) is 0 Å². The molecule has 0 spiro atoms. The molecule has 0 radical (unpaired) electrons. The van der Waals surface area contributed by atoms with Gasteiger partial charge in [0.05, 0.1) is 24.6 Å². The van der Waals surface area contributed by atoms with Crippen molar-refractivity contribution in [3.05, 3.63) is 23.4 Å². The lowest BCUT2D eigenvalue weighted by atomic mass is 10.3. The highest BCUT2D eigenvalue weighted by Crippen LogP contribution is 2.21. The summed E-state index contributed by atoms with van der Waals surface area (Å²) in [6.45, 7) is 4.45. The summed E-state index contributed by atoms with van der Waals surface area (Å²) in [5.74, 6) is 1.02. The zero-order valence-electron chi connectivity index (χ0n) is 14.1. The number of thiophene rings is 1. The molecule has 132 valence electrons. The lowest BCUT2D eigenvalue weighted by Gasteiger charge is -2.20. The molecule has 0 saturated heterocycles. The molecule has 2 rings (SSSR count). The Morgan fingerprint density at radius 2 is 2.29 bits per heavy atom. The van der Waals surface area contributed by atoms with E-state index in [2.05, 4.69) is 10.1 Å². The monoisotopic (exact) mass is 353 g/mol. The molecule has 0 bridgehead atoms. The number of aromatic nitrogens is 2. The van der Waals surface area contributed by atoms with E-state index in [9.17, 15) is 4.79 Å². The Balaban J connectivity index is 1.79. The van der Waals surface area contributed by atoms with Crippen LogP contribution in [0.25, 0.3) is 10.7 Å². The summed E-state index contributed by atoms with van der Waals surface area (Å²) in [4.78, 5) is 19.0. The molecule has 0 fully saturated rings. The van der Waals surface area contributed by atoms with Crippen LogP contribution in [-0.2, 0) is 20.7 Å². The van der Waals surface area contributed by atoms with Crippen LogP contribution in [0.1, 0.15) is 19.2 Å². The molecule has 0 aromatic carbocycles. The van der Waals surface area contributed by atoms with Crippen LogP contribution in [0.15, 0.2) is 22.0 Å². The molecule has 7 nitrogen and oxygen atoms in total. The third-order valence-corrected chi connectivity index (χ3v) is 4.21. The summed E-state index contributed by atoms with van der Waals surface area (Å²) < 4.78 is 15.4. The second-order valence-electron chi connectivity index (χ2n) is 5.17. The average molecular weight is 353 g/mol. The van der Waals surface area contributed by atoms with Gasteiger partial charge in [0, 0.05) is 20.1 Å². The molecule has 0 atom stereocenters. The summed E-state index contributed by atoms with van der Waals surface area (Å²) in [7, 11) is 1.65. The predicted molar refractivity (Wildman–Crippen MR) is 90.9 cm³/mol. The van der Waals surface area contributed by atoms with Crippen LogP contribution in [-0.4, -0.2) is 61.0 Å². The fourth-order valence-corrected chi connectivity index (χ4v) is 2.84. The molecule has 0 aliphatic rings. The van der Waals surface area contributed by atoms with E-state index >= 15 is 0 Å². The van der Waals surface area contributed by atoms with E-state index in [0.29, 0.717) is 37.9 Å². The van der Waals surface area contributed by atoms with Gasteiger partial charge in [0.1, 0.15) is 0 Å². The highest BCUT2D eigenvalue weighted by Gasteiger charge is 2.13. The molecule has 0 N–H and O–H groups in total. The normalized spacial score (nSPS) is 11.1. The van der Waals surface area contributed by atoms with Crippen LogP contribution in [0.3, 0.4) is 0 Å². The molecule has 0 saturated carbocycles. The second kappa shape index (κ2) is 10.2. The van der Waals surface area contributed by atoms with Gasteiger partial charge in [-0.1, -0.05) is 11.2 Å². The third-order valence-electron chi connectivity index (χ3n) is 3.34. The van der Waals surface area contributed by atoms with Gasteiger partial charge in [-0.3, -0.25) is 9.69 Å². The number of rotatable bonds is 11. The lowest BCUT2D eigenvalue weighted by molar-refractivity contribution is -0.144. The topological polar surface area (TPSA) is 77.7 Å². The predicted octanol–water partition coefficient (Wildman–Crippen LogP) is 2.24. The highest BCUT2D eigenvalue weighted by molar-refractivity contribution is 7.13. The minimum Gasteiger partial charge on any atom is -0.465 e. The fraction of sp³-hybridized carbons (Fsp3) is 0.562. The number of methoxy groups -OCH3 is 1. The maximum Gasteiger partial charge on any atom is 0.320 e. The quantitative estimate of drug-likeness (QED) is 0.573. The second-order valence-corrected chi connectivity index (χ2v) is 6.11. The summed E-state index contributed by atoms with van der Waals surface area (Å²) in [5.41, 5.74) is 0. The van der Waals surface area contributed by atoms with Gasteiger partial charge < -0.3 is 14.0 Å². The van der Waals surface area contributed by atoms with Gasteiger partial charge in [0.2, 0.25) is 11.7 Å². The number of ether oxygens (including phenoxy) is 2. The molecule has 0 aliphatic carbocycles. The van der Waals surface area contributed by atoms with Gasteiger partial charge in [-0.15, -0.1) is 11.3 Å². The van der Waals surface area contributed by atoms with Crippen molar-refractivity contribution < 1.29 is 18.8 Å². The molecule has 8 heteroatoms. The number of aryl methyl sites for hydroxylation is 1. The van der Waals surface area contributed by atoms with Crippen molar-refractivity contribution in [1.82, 2.24) is 15.0 Å². The lowest BCUT2D eigenvalue weighted by Crippen LogP contribution is -2.34. The van der Waals surface area contributed by atoms with E-state index in [1.165, 1.54) is 0 Å². The first-order chi connectivity index (χ1) is 11.7. The molecule has 0 amide bonds. The number of hydrogen-bond donors (Lipinski definition) is 0. The molecule has 2 aromatic heterocycles. The van der Waals surface area contributed by atoms with E-state index in [0.717, 1.165) is 17.8 Å². The van der Waals surface area contributed by atoms with Crippen LogP contribution in [0.4, 0.5) is 0 Å². The zero-order chi connectivity index (χ0) is 17.2. The average Bonchev–Trinajstić information content (AvgIpc) is 3.23. The molecular formula is C16H23N3O4S. The number of esters is 1. The van der Waals surface area contributed by atoms with Crippen molar-refractivity contribution in [3.63, 3.8) is 0 Å². The Morgan fingerprint density at radius 3 is 3.00 bits per heavy atom. The van der Waals surface area contributed by atoms with Crippen molar-refractivity contribution in [1.29, 1.82) is 0 Å².